The molecule has 84 valence electrons. The van der Waals surface area contributed by atoms with Crippen molar-refractivity contribution < 1.29 is 4.74 Å². The summed E-state index contributed by atoms with van der Waals surface area (Å²) >= 11 is 0. The maximum atomic E-state index is 8.67. The molecule has 0 spiro atoms. The molecule has 3 heteroatoms. The lowest BCUT2D eigenvalue weighted by atomic mass is 10.1. The first kappa shape index (κ1) is 11.2. The van der Waals surface area contributed by atoms with Gasteiger partial charge in [0.05, 0.1) is 25.3 Å². The summed E-state index contributed by atoms with van der Waals surface area (Å²) in [6.45, 7) is 0. The second kappa shape index (κ2) is 5.13. The predicted octanol–water partition coefficient (Wildman–Crippen LogP) is 2.82. The molecule has 1 aromatic carbocycles. The van der Waals surface area contributed by atoms with E-state index in [1.165, 1.54) is 0 Å². The summed E-state index contributed by atoms with van der Waals surface area (Å²) in [6, 6.07) is 13.6. The average molecular weight is 224 g/mol. The molecule has 0 bridgehead atoms. The third-order valence-corrected chi connectivity index (χ3v) is 2.47. The summed E-state index contributed by atoms with van der Waals surface area (Å²) in [7, 11) is 1.64. The van der Waals surface area contributed by atoms with Crippen molar-refractivity contribution in [3.8, 4) is 23.1 Å². The smallest absolute Gasteiger partial charge is 0.119 e. The van der Waals surface area contributed by atoms with Crippen molar-refractivity contribution in [3.63, 3.8) is 0 Å². The highest BCUT2D eigenvalue weighted by Crippen LogP contribution is 2.22. The van der Waals surface area contributed by atoms with Crippen LogP contribution in [0.5, 0.6) is 5.75 Å². The molecule has 0 fully saturated rings. The number of methoxy groups -OCH3 is 1. The van der Waals surface area contributed by atoms with Crippen LogP contribution < -0.4 is 4.74 Å². The Hall–Kier alpha value is -2.34. The zero-order valence-corrected chi connectivity index (χ0v) is 9.55. The van der Waals surface area contributed by atoms with E-state index in [1.807, 2.05) is 36.4 Å². The number of rotatable bonds is 3. The molecule has 0 aliphatic carbocycles. The second-order valence-corrected chi connectivity index (χ2v) is 3.62. The Balaban J connectivity index is 2.38. The molecule has 0 aliphatic rings. The Kier molecular flexibility index (Phi) is 3.37. The molecule has 0 saturated carbocycles. The fraction of sp³-hybridized carbons (Fsp3) is 0.143. The van der Waals surface area contributed by atoms with E-state index in [2.05, 4.69) is 11.1 Å². The normalized spacial score (nSPS) is 9.65. The van der Waals surface area contributed by atoms with Crippen LogP contribution in [0.4, 0.5) is 0 Å². The number of pyridine rings is 1. The topological polar surface area (TPSA) is 45.9 Å². The summed E-state index contributed by atoms with van der Waals surface area (Å²) in [5.41, 5.74) is 2.82. The lowest BCUT2D eigenvalue weighted by Crippen LogP contribution is -1.89. The van der Waals surface area contributed by atoms with Crippen LogP contribution in [0, 0.1) is 11.3 Å². The highest BCUT2D eigenvalue weighted by molar-refractivity contribution is 5.61. The van der Waals surface area contributed by atoms with E-state index in [0.29, 0.717) is 6.42 Å². The van der Waals surface area contributed by atoms with E-state index in [0.717, 1.165) is 22.6 Å². The molecule has 0 N–H and O–H groups in total. The maximum absolute atomic E-state index is 8.67. The van der Waals surface area contributed by atoms with Crippen molar-refractivity contribution in [2.45, 2.75) is 6.42 Å². The molecule has 1 aromatic heterocycles. The summed E-state index contributed by atoms with van der Waals surface area (Å²) in [6.07, 6.45) is 2.13. The molecule has 3 nitrogen and oxygen atoms in total. The number of benzene rings is 1. The van der Waals surface area contributed by atoms with E-state index in [-0.39, 0.29) is 0 Å². The SMILES string of the molecule is COc1cccc(-c2cc(CC#N)ccn2)c1. The molecule has 0 radical (unpaired) electrons. The van der Waals surface area contributed by atoms with Crippen LogP contribution >= 0.6 is 0 Å². The Morgan fingerprint density at radius 3 is 2.94 bits per heavy atom. The molecule has 1 heterocycles. The molecule has 0 unspecified atom stereocenters. The van der Waals surface area contributed by atoms with Gasteiger partial charge in [-0.3, -0.25) is 4.98 Å². The Morgan fingerprint density at radius 1 is 1.29 bits per heavy atom. The summed E-state index contributed by atoms with van der Waals surface area (Å²) in [5.74, 6) is 0.801. The summed E-state index contributed by atoms with van der Waals surface area (Å²) in [5, 5.41) is 8.67. The minimum Gasteiger partial charge on any atom is -0.497 e. The van der Waals surface area contributed by atoms with Crippen molar-refractivity contribution in [1.29, 1.82) is 5.26 Å². The number of nitriles is 1. The number of hydrogen-bond donors (Lipinski definition) is 0. The van der Waals surface area contributed by atoms with E-state index in [9.17, 15) is 0 Å². The van der Waals surface area contributed by atoms with Crippen molar-refractivity contribution in [1.82, 2.24) is 4.98 Å². The molecule has 0 saturated heterocycles. The standard InChI is InChI=1S/C14H12N2O/c1-17-13-4-2-3-12(10-13)14-9-11(5-7-15)6-8-16-14/h2-4,6,8-10H,5H2,1H3. The van der Waals surface area contributed by atoms with Crippen molar-refractivity contribution in [3.05, 3.63) is 48.2 Å². The average Bonchev–Trinajstić information content (AvgIpc) is 2.40. The zero-order valence-electron chi connectivity index (χ0n) is 9.55. The summed E-state index contributed by atoms with van der Waals surface area (Å²) in [4.78, 5) is 4.30. The summed E-state index contributed by atoms with van der Waals surface area (Å²) < 4.78 is 5.17. The minimum atomic E-state index is 0.402. The van der Waals surface area contributed by atoms with Crippen LogP contribution in [0.25, 0.3) is 11.3 Å². The van der Waals surface area contributed by atoms with Gasteiger partial charge in [0.2, 0.25) is 0 Å². The van der Waals surface area contributed by atoms with Gasteiger partial charge >= 0.3 is 0 Å². The van der Waals surface area contributed by atoms with Gasteiger partial charge in [0, 0.05) is 11.8 Å². The Morgan fingerprint density at radius 2 is 2.18 bits per heavy atom. The number of hydrogen-bond acceptors (Lipinski definition) is 3. The first-order valence-electron chi connectivity index (χ1n) is 5.30. The Bertz CT molecular complexity index is 558. The molecule has 0 amide bonds. The van der Waals surface area contributed by atoms with Gasteiger partial charge < -0.3 is 4.74 Å². The first-order valence-corrected chi connectivity index (χ1v) is 5.30. The lowest BCUT2D eigenvalue weighted by Gasteiger charge is -2.04. The van der Waals surface area contributed by atoms with Crippen molar-refractivity contribution in [2.75, 3.05) is 7.11 Å². The third-order valence-electron chi connectivity index (χ3n) is 2.47. The van der Waals surface area contributed by atoms with Crippen LogP contribution in [0.3, 0.4) is 0 Å². The van der Waals surface area contributed by atoms with Crippen LogP contribution in [0.15, 0.2) is 42.6 Å². The van der Waals surface area contributed by atoms with Crippen LogP contribution in [0.1, 0.15) is 5.56 Å². The molecular weight excluding hydrogens is 212 g/mol. The third kappa shape index (κ3) is 2.61. The molecule has 2 aromatic rings. The highest BCUT2D eigenvalue weighted by Gasteiger charge is 2.02. The molecule has 2 rings (SSSR count). The van der Waals surface area contributed by atoms with Gasteiger partial charge in [-0.2, -0.15) is 5.26 Å². The Labute approximate surface area is 100 Å². The fourth-order valence-corrected chi connectivity index (χ4v) is 1.62. The largest absolute Gasteiger partial charge is 0.497 e. The zero-order chi connectivity index (χ0) is 12.1. The van der Waals surface area contributed by atoms with Crippen LogP contribution in [-0.2, 0) is 6.42 Å². The van der Waals surface area contributed by atoms with Crippen molar-refractivity contribution >= 4 is 0 Å². The van der Waals surface area contributed by atoms with E-state index in [1.54, 1.807) is 13.3 Å². The monoisotopic (exact) mass is 224 g/mol. The van der Waals surface area contributed by atoms with E-state index in [4.69, 9.17) is 10.00 Å². The highest BCUT2D eigenvalue weighted by atomic mass is 16.5. The minimum absolute atomic E-state index is 0.402. The number of ether oxygens (including phenoxy) is 1. The number of aromatic nitrogens is 1. The van der Waals surface area contributed by atoms with Crippen molar-refractivity contribution in [2.24, 2.45) is 0 Å². The van der Waals surface area contributed by atoms with Gasteiger partial charge in [0.15, 0.2) is 0 Å². The van der Waals surface area contributed by atoms with Gasteiger partial charge in [0.1, 0.15) is 5.75 Å². The van der Waals surface area contributed by atoms with E-state index < -0.39 is 0 Å². The van der Waals surface area contributed by atoms with Gasteiger partial charge in [-0.25, -0.2) is 0 Å². The van der Waals surface area contributed by atoms with Crippen LogP contribution in [0.2, 0.25) is 0 Å². The molecular formula is C14H12N2O. The molecule has 17 heavy (non-hydrogen) atoms. The van der Waals surface area contributed by atoms with E-state index >= 15 is 0 Å². The molecule has 0 atom stereocenters. The van der Waals surface area contributed by atoms with Crippen LogP contribution in [-0.4, -0.2) is 12.1 Å². The predicted molar refractivity (Wildman–Crippen MR) is 65.5 cm³/mol. The molecule has 0 aliphatic heterocycles. The lowest BCUT2D eigenvalue weighted by molar-refractivity contribution is 0.415. The quantitative estimate of drug-likeness (QED) is 0.805. The maximum Gasteiger partial charge on any atom is 0.119 e. The van der Waals surface area contributed by atoms with Gasteiger partial charge in [-0.05, 0) is 29.8 Å². The first-order chi connectivity index (χ1) is 8.33. The fourth-order valence-electron chi connectivity index (χ4n) is 1.62. The second-order valence-electron chi connectivity index (χ2n) is 3.62. The number of nitrogens with zero attached hydrogens (tertiary/aromatic N) is 2. The van der Waals surface area contributed by atoms with Gasteiger partial charge in [0.25, 0.3) is 0 Å². The van der Waals surface area contributed by atoms with Gasteiger partial charge in [-0.15, -0.1) is 0 Å². The van der Waals surface area contributed by atoms with Gasteiger partial charge in [-0.1, -0.05) is 12.1 Å².